The van der Waals surface area contributed by atoms with Gasteiger partial charge in [-0.15, -0.1) is 0 Å². The van der Waals surface area contributed by atoms with E-state index in [2.05, 4.69) is 46.9 Å². The van der Waals surface area contributed by atoms with Gasteiger partial charge in [0.2, 0.25) is 47.3 Å². The van der Waals surface area contributed by atoms with Gasteiger partial charge in [0.15, 0.2) is 11.7 Å². The van der Waals surface area contributed by atoms with Crippen molar-refractivity contribution in [2.45, 2.75) is 152 Å². The molecule has 28 nitrogen and oxygen atoms in total. The fourth-order valence-corrected chi connectivity index (χ4v) is 7.93. The van der Waals surface area contributed by atoms with Crippen molar-refractivity contribution >= 4 is 59.0 Å². The number of nitrogens with one attached hydrogen (secondary N) is 7. The number of imidazole rings is 1. The third kappa shape index (κ3) is 23.1. The lowest BCUT2D eigenvalue weighted by Crippen LogP contribution is -2.60. The van der Waals surface area contributed by atoms with E-state index < -0.39 is 115 Å². The number of rotatable bonds is 37. The molecule has 1 aromatic heterocycles. The van der Waals surface area contributed by atoms with E-state index in [4.69, 9.17) is 45.9 Å². The molecule has 2 heterocycles. The van der Waals surface area contributed by atoms with E-state index in [1.807, 2.05) is 0 Å². The normalized spacial score (nSPS) is 16.3. The Morgan fingerprint density at radius 3 is 2.11 bits per heavy atom. The second kappa shape index (κ2) is 34.8. The van der Waals surface area contributed by atoms with Crippen LogP contribution in [0, 0.1) is 0 Å². The van der Waals surface area contributed by atoms with Crippen LogP contribution in [0.25, 0.3) is 0 Å². The minimum atomic E-state index is -1.55. The van der Waals surface area contributed by atoms with Gasteiger partial charge in [0.1, 0.15) is 30.2 Å². The van der Waals surface area contributed by atoms with Crippen molar-refractivity contribution in [3.05, 3.63) is 29.9 Å². The van der Waals surface area contributed by atoms with Gasteiger partial charge in [0.05, 0.1) is 31.1 Å². The molecule has 0 spiro atoms. The number of primary amides is 1. The number of aliphatic imine (C=N–C) groups is 1. The van der Waals surface area contributed by atoms with Gasteiger partial charge in [0.25, 0.3) is 0 Å². The Balaban J connectivity index is 2.17. The maximum absolute atomic E-state index is 14.2. The van der Waals surface area contributed by atoms with Crippen molar-refractivity contribution in [1.29, 1.82) is 0 Å². The quantitative estimate of drug-likeness (QED) is 0.0128. The number of aromatic nitrogens is 2. The molecular weight excluding hydrogens is 965 g/mol. The summed E-state index contributed by atoms with van der Waals surface area (Å²) in [5.74, 6) is -6.47. The highest BCUT2D eigenvalue weighted by atomic mass is 16.3. The van der Waals surface area contributed by atoms with Crippen LogP contribution in [0.15, 0.2) is 29.2 Å². The highest BCUT2D eigenvalue weighted by Gasteiger charge is 2.39. The third-order valence-electron chi connectivity index (χ3n) is 12.1. The number of guanidine groups is 1. The molecule has 24 N–H and O–H groups in total. The monoisotopic (exact) mass is 1050 g/mol. The lowest BCUT2D eigenvalue weighted by molar-refractivity contribution is -0.142. The zero-order valence-electron chi connectivity index (χ0n) is 42.5. The van der Waals surface area contributed by atoms with Gasteiger partial charge in [0, 0.05) is 49.9 Å². The van der Waals surface area contributed by atoms with Gasteiger partial charge >= 0.3 is 0 Å². The molecule has 0 radical (unpaired) electrons. The van der Waals surface area contributed by atoms with Gasteiger partial charge in [-0.3, -0.25) is 48.1 Å². The largest absolute Gasteiger partial charge is 0.389 e. The van der Waals surface area contributed by atoms with Crippen molar-refractivity contribution in [2.24, 2.45) is 50.9 Å². The maximum Gasteiger partial charge on any atom is 0.245 e. The first-order valence-corrected chi connectivity index (χ1v) is 25.1. The van der Waals surface area contributed by atoms with Gasteiger partial charge < -0.3 is 92.8 Å². The number of nitrogens with two attached hydrogens (primary N) is 8. The number of likely N-dealkylation sites (tertiary alicyclic amines) is 1. The third-order valence-corrected chi connectivity index (χ3v) is 12.1. The van der Waals surface area contributed by atoms with Crippen molar-refractivity contribution in [2.75, 3.05) is 45.8 Å². The van der Waals surface area contributed by atoms with E-state index in [0.29, 0.717) is 57.3 Å². The predicted molar refractivity (Wildman–Crippen MR) is 274 cm³/mol. The number of Topliss-reactive ketones (excluding diaryl/α,β-unsaturated/α-hetero) is 1. The zero-order chi connectivity index (χ0) is 55.2. The molecule has 0 aliphatic carbocycles. The highest BCUT2D eigenvalue weighted by molar-refractivity contribution is 5.98. The first-order chi connectivity index (χ1) is 35.3. The number of amides is 8. The summed E-state index contributed by atoms with van der Waals surface area (Å²) in [6, 6.07) is -8.35. The number of hydrogen-bond donors (Lipinski definition) is 16. The standard InChI is InChI=1S/C46H82N18O10/c1-27(59-44(73)38(36(66)23-50)63-41(70)30(51)11-3-2-5-17-47)40(69)57-25-37(67)60-32(13-7-19-49)45(74)64-21-9-14-34(64)43(72)62-33(22-29-24-55-26-58-29)42(71)61-31(12-4-6-18-48)35(65)16-15-28(39(52)68)10-8-20-56-46(53)54/h10,24,26-27,30-34,36,38,66H,2-9,11-23,25,47-51H2,1H3,(H2,52,68)(H,55,58)(H,57,69)(H,59,73)(H,60,67)(H,61,71)(H,62,72)(H,63,70)(H4,53,54,56)/b28-10+/t27-,30-,31-,32+,33-,34-,36-,38-/m0/s1. The number of carbonyl (C=O) groups is 9. The van der Waals surface area contributed by atoms with Crippen LogP contribution in [0.5, 0.6) is 0 Å². The molecule has 8 amide bonds. The molecular formula is C46H82N18O10. The number of aromatic amines is 1. The Kier molecular flexibility index (Phi) is 29.8. The summed E-state index contributed by atoms with van der Waals surface area (Å²) in [6.45, 7) is 1.58. The highest BCUT2D eigenvalue weighted by Crippen LogP contribution is 2.21. The molecule has 0 unspecified atom stereocenters. The maximum atomic E-state index is 14.2. The van der Waals surface area contributed by atoms with Crippen LogP contribution in [0.4, 0.5) is 0 Å². The van der Waals surface area contributed by atoms with Crippen molar-refractivity contribution < 1.29 is 48.3 Å². The lowest BCUT2D eigenvalue weighted by Gasteiger charge is -2.30. The van der Waals surface area contributed by atoms with Gasteiger partial charge in [-0.1, -0.05) is 18.9 Å². The fraction of sp³-hybridized carbons (Fsp3) is 0.674. The number of ketones is 1. The molecule has 1 fully saturated rings. The Morgan fingerprint density at radius 2 is 1.47 bits per heavy atom. The van der Waals surface area contributed by atoms with Crippen LogP contribution in [0.2, 0.25) is 0 Å². The van der Waals surface area contributed by atoms with E-state index in [1.165, 1.54) is 24.3 Å². The Hall–Kier alpha value is -6.59. The van der Waals surface area contributed by atoms with E-state index >= 15 is 0 Å². The first kappa shape index (κ1) is 63.5. The summed E-state index contributed by atoms with van der Waals surface area (Å²) in [4.78, 5) is 133. The molecule has 0 saturated carbocycles. The van der Waals surface area contributed by atoms with Crippen molar-refractivity contribution in [3.8, 4) is 0 Å². The van der Waals surface area contributed by atoms with E-state index in [1.54, 1.807) is 6.08 Å². The summed E-state index contributed by atoms with van der Waals surface area (Å²) in [5.41, 5.74) is 45.5. The lowest BCUT2D eigenvalue weighted by atomic mass is 9.98. The van der Waals surface area contributed by atoms with Crippen LogP contribution >= 0.6 is 0 Å². The molecule has 0 aromatic carbocycles. The number of unbranched alkanes of at least 4 members (excludes halogenated alkanes) is 3. The first-order valence-electron chi connectivity index (χ1n) is 25.1. The molecule has 74 heavy (non-hydrogen) atoms. The SMILES string of the molecule is C[C@H](NC(=O)[C@@H](NC(=O)[C@@H](N)CCCCCN)[C@@H](O)CN)C(=O)NCC(=O)N[C@H](CCCN)C(=O)N1CCC[C@H]1C(=O)N[C@@H](Cc1cnc[nH]1)C(=O)N[C@@H](CCCCN)C(=O)CC/C(=C\CCN=C(N)N)C(N)=O. The minimum Gasteiger partial charge on any atom is -0.389 e. The van der Waals surface area contributed by atoms with E-state index in [0.717, 1.165) is 12.8 Å². The minimum absolute atomic E-state index is 0.0150. The summed E-state index contributed by atoms with van der Waals surface area (Å²) in [7, 11) is 0. The molecule has 416 valence electrons. The number of carbonyl (C=O) groups excluding carboxylic acids is 9. The van der Waals surface area contributed by atoms with Gasteiger partial charge in [-0.25, -0.2) is 4.98 Å². The topological polar surface area (TPSA) is 498 Å². The number of H-pyrrole nitrogens is 1. The Labute approximate surface area is 431 Å². The van der Waals surface area contributed by atoms with Crippen molar-refractivity contribution in [1.82, 2.24) is 46.8 Å². The summed E-state index contributed by atoms with van der Waals surface area (Å²) >= 11 is 0. The van der Waals surface area contributed by atoms with Crippen molar-refractivity contribution in [3.63, 3.8) is 0 Å². The molecule has 0 bridgehead atoms. The zero-order valence-corrected chi connectivity index (χ0v) is 42.5. The number of aliphatic hydroxyl groups is 1. The van der Waals surface area contributed by atoms with E-state index in [-0.39, 0.29) is 76.1 Å². The number of nitrogens with zero attached hydrogens (tertiary/aromatic N) is 3. The summed E-state index contributed by atoms with van der Waals surface area (Å²) < 4.78 is 0. The molecule has 8 atom stereocenters. The molecule has 1 aromatic rings. The van der Waals surface area contributed by atoms with Gasteiger partial charge in [-0.2, -0.15) is 0 Å². The Morgan fingerprint density at radius 1 is 0.797 bits per heavy atom. The number of hydrogen-bond acceptors (Lipinski definition) is 17. The molecule has 1 aliphatic heterocycles. The second-order valence-corrected chi connectivity index (χ2v) is 18.1. The van der Waals surface area contributed by atoms with E-state index in [9.17, 15) is 48.3 Å². The van der Waals surface area contributed by atoms with Gasteiger partial charge in [-0.05, 0) is 97.2 Å². The molecule has 2 rings (SSSR count). The second-order valence-electron chi connectivity index (χ2n) is 18.1. The van der Waals surface area contributed by atoms with Crippen LogP contribution in [-0.2, 0) is 49.6 Å². The smallest absolute Gasteiger partial charge is 0.245 e. The molecule has 1 saturated heterocycles. The average molecular weight is 1050 g/mol. The van der Waals surface area contributed by atoms with Crippen LogP contribution < -0.4 is 77.8 Å². The average Bonchev–Trinajstić information content (AvgIpc) is 4.09. The molecule has 28 heteroatoms. The van der Waals surface area contributed by atoms with Crippen LogP contribution in [0.3, 0.4) is 0 Å². The summed E-state index contributed by atoms with van der Waals surface area (Å²) in [6.07, 6.45) is 7.56. The Bertz CT molecular complexity index is 2030. The van der Waals surface area contributed by atoms with Crippen LogP contribution in [-0.4, -0.2) is 173 Å². The fourth-order valence-electron chi connectivity index (χ4n) is 7.93. The summed E-state index contributed by atoms with van der Waals surface area (Å²) in [5, 5.41) is 25.8. The predicted octanol–water partition coefficient (Wildman–Crippen LogP) is -6.04. The number of aliphatic hydroxyl groups excluding tert-OH is 1. The molecule has 1 aliphatic rings. The van der Waals surface area contributed by atoms with Crippen LogP contribution in [0.1, 0.15) is 103 Å².